The molecule has 0 saturated carbocycles. The monoisotopic (exact) mass is 511 g/mol. The Morgan fingerprint density at radius 2 is 1.64 bits per heavy atom. The number of hydrogen-bond acceptors (Lipinski definition) is 5. The molecule has 0 aliphatic heterocycles. The van der Waals surface area contributed by atoms with Gasteiger partial charge in [-0.05, 0) is 54.4 Å². The standard InChI is InChI=1S/C25H19F2N3O5S/c1-15-10-23(31)24(29-30(15)18-7-3-2-4-8-18)25(32)28-14-20-21(26)12-17(13-22(20)27)16-6-5-9-19(11-16)36(33,34)35/h2-13H,14H2,1H3,(H,28,32)(H,33,34,35). The molecule has 0 spiro atoms. The Bertz CT molecular complexity index is 1610. The first-order valence-corrected chi connectivity index (χ1v) is 12.0. The van der Waals surface area contributed by atoms with E-state index in [0.29, 0.717) is 11.4 Å². The maximum Gasteiger partial charge on any atom is 0.294 e. The summed E-state index contributed by atoms with van der Waals surface area (Å²) >= 11 is 0. The van der Waals surface area contributed by atoms with Crippen LogP contribution in [0.25, 0.3) is 16.8 Å². The van der Waals surface area contributed by atoms with Gasteiger partial charge in [-0.1, -0.05) is 30.3 Å². The minimum atomic E-state index is -4.50. The van der Waals surface area contributed by atoms with Gasteiger partial charge in [-0.2, -0.15) is 13.5 Å². The number of nitrogens with one attached hydrogen (secondary N) is 1. The molecule has 0 unspecified atom stereocenters. The molecule has 0 fully saturated rings. The summed E-state index contributed by atoms with van der Waals surface area (Å²) in [5, 5.41) is 6.43. The third-order valence-electron chi connectivity index (χ3n) is 5.36. The summed E-state index contributed by atoms with van der Waals surface area (Å²) in [7, 11) is -4.50. The van der Waals surface area contributed by atoms with Crippen LogP contribution in [-0.2, 0) is 16.7 Å². The van der Waals surface area contributed by atoms with Gasteiger partial charge < -0.3 is 5.32 Å². The average Bonchev–Trinajstić information content (AvgIpc) is 2.83. The number of hydrogen-bond donors (Lipinski definition) is 2. The quantitative estimate of drug-likeness (QED) is 0.382. The Morgan fingerprint density at radius 3 is 2.28 bits per heavy atom. The molecule has 0 bridgehead atoms. The Morgan fingerprint density at radius 1 is 0.972 bits per heavy atom. The van der Waals surface area contributed by atoms with Crippen LogP contribution in [0.5, 0.6) is 0 Å². The van der Waals surface area contributed by atoms with Crippen LogP contribution in [0.3, 0.4) is 0 Å². The molecule has 0 saturated heterocycles. The third kappa shape index (κ3) is 5.21. The van der Waals surface area contributed by atoms with Crippen molar-refractivity contribution in [1.82, 2.24) is 15.1 Å². The van der Waals surface area contributed by atoms with Gasteiger partial charge in [-0.25, -0.2) is 13.5 Å². The van der Waals surface area contributed by atoms with E-state index in [1.807, 2.05) is 0 Å². The number of nitrogens with zero attached hydrogens (tertiary/aromatic N) is 2. The highest BCUT2D eigenvalue weighted by Crippen LogP contribution is 2.26. The maximum absolute atomic E-state index is 14.8. The van der Waals surface area contributed by atoms with Crippen LogP contribution in [0.1, 0.15) is 21.7 Å². The lowest BCUT2D eigenvalue weighted by atomic mass is 10.0. The van der Waals surface area contributed by atoms with Gasteiger partial charge in [-0.15, -0.1) is 0 Å². The first kappa shape index (κ1) is 24.9. The van der Waals surface area contributed by atoms with Gasteiger partial charge in [0.05, 0.1) is 10.6 Å². The summed E-state index contributed by atoms with van der Waals surface area (Å²) < 4.78 is 62.8. The van der Waals surface area contributed by atoms with Crippen molar-refractivity contribution in [3.05, 3.63) is 112 Å². The zero-order valence-electron chi connectivity index (χ0n) is 18.8. The van der Waals surface area contributed by atoms with E-state index < -0.39 is 55.8 Å². The predicted molar refractivity (Wildman–Crippen MR) is 127 cm³/mol. The summed E-state index contributed by atoms with van der Waals surface area (Å²) in [5.41, 5.74) is -0.256. The van der Waals surface area contributed by atoms with Crippen molar-refractivity contribution >= 4 is 16.0 Å². The number of rotatable bonds is 6. The average molecular weight is 512 g/mol. The van der Waals surface area contributed by atoms with E-state index in [4.69, 9.17) is 0 Å². The number of halogens is 2. The van der Waals surface area contributed by atoms with Gasteiger partial charge in [0.15, 0.2) is 5.69 Å². The van der Waals surface area contributed by atoms with Crippen molar-refractivity contribution < 1.29 is 26.5 Å². The van der Waals surface area contributed by atoms with Gasteiger partial charge in [0.2, 0.25) is 5.43 Å². The van der Waals surface area contributed by atoms with Crippen LogP contribution in [0, 0.1) is 18.6 Å². The van der Waals surface area contributed by atoms with Crippen LogP contribution >= 0.6 is 0 Å². The lowest BCUT2D eigenvalue weighted by Crippen LogP contribution is -2.32. The van der Waals surface area contributed by atoms with Gasteiger partial charge >= 0.3 is 0 Å². The highest BCUT2D eigenvalue weighted by atomic mass is 32.2. The summed E-state index contributed by atoms with van der Waals surface area (Å²) in [4.78, 5) is 24.6. The van der Waals surface area contributed by atoms with Crippen LogP contribution in [0.15, 0.2) is 82.5 Å². The van der Waals surface area contributed by atoms with Gasteiger partial charge in [-0.3, -0.25) is 14.1 Å². The molecule has 36 heavy (non-hydrogen) atoms. The van der Waals surface area contributed by atoms with Crippen molar-refractivity contribution in [3.63, 3.8) is 0 Å². The van der Waals surface area contributed by atoms with E-state index in [-0.39, 0.29) is 11.1 Å². The normalized spacial score (nSPS) is 11.3. The summed E-state index contributed by atoms with van der Waals surface area (Å²) in [6.07, 6.45) is 0. The van der Waals surface area contributed by atoms with E-state index in [0.717, 1.165) is 24.3 Å². The zero-order valence-corrected chi connectivity index (χ0v) is 19.6. The Kier molecular flexibility index (Phi) is 6.77. The molecule has 1 aromatic heterocycles. The lowest BCUT2D eigenvalue weighted by Gasteiger charge is -2.12. The van der Waals surface area contributed by atoms with Crippen molar-refractivity contribution in [3.8, 4) is 16.8 Å². The second-order valence-corrected chi connectivity index (χ2v) is 9.27. The number of amides is 1. The molecule has 8 nitrogen and oxygen atoms in total. The fraction of sp³-hybridized carbons (Fsp3) is 0.0800. The Balaban J connectivity index is 1.58. The van der Waals surface area contributed by atoms with E-state index in [2.05, 4.69) is 10.4 Å². The van der Waals surface area contributed by atoms with Crippen LogP contribution in [0.4, 0.5) is 8.78 Å². The third-order valence-corrected chi connectivity index (χ3v) is 6.20. The van der Waals surface area contributed by atoms with Crippen molar-refractivity contribution in [2.45, 2.75) is 18.4 Å². The van der Waals surface area contributed by atoms with Crippen molar-refractivity contribution in [1.29, 1.82) is 0 Å². The first-order valence-electron chi connectivity index (χ1n) is 10.5. The van der Waals surface area contributed by atoms with E-state index in [1.54, 1.807) is 37.3 Å². The molecule has 1 amide bonds. The van der Waals surface area contributed by atoms with Crippen LogP contribution in [-0.4, -0.2) is 28.7 Å². The molecule has 4 aromatic rings. The van der Waals surface area contributed by atoms with Crippen LogP contribution < -0.4 is 10.7 Å². The zero-order chi connectivity index (χ0) is 26.0. The topological polar surface area (TPSA) is 118 Å². The molecule has 0 atom stereocenters. The smallest absolute Gasteiger partial charge is 0.294 e. The molecule has 11 heteroatoms. The first-order chi connectivity index (χ1) is 17.0. The number of para-hydroxylation sites is 1. The Hall–Kier alpha value is -4.22. The number of carbonyl (C=O) groups excluding carboxylic acids is 1. The molecule has 2 N–H and O–H groups in total. The van der Waals surface area contributed by atoms with Crippen molar-refractivity contribution in [2.75, 3.05) is 0 Å². The molecule has 0 radical (unpaired) electrons. The van der Waals surface area contributed by atoms with Gasteiger partial charge in [0.1, 0.15) is 11.6 Å². The fourth-order valence-electron chi connectivity index (χ4n) is 3.56. The van der Waals surface area contributed by atoms with Crippen molar-refractivity contribution in [2.24, 2.45) is 0 Å². The molecular formula is C25H19F2N3O5S. The fourth-order valence-corrected chi connectivity index (χ4v) is 4.09. The van der Waals surface area contributed by atoms with Crippen LogP contribution in [0.2, 0.25) is 0 Å². The highest BCUT2D eigenvalue weighted by Gasteiger charge is 2.19. The number of benzene rings is 3. The summed E-state index contributed by atoms with van der Waals surface area (Å²) in [6.45, 7) is 1.09. The Labute approximate surface area is 204 Å². The SMILES string of the molecule is Cc1cc(=O)c(C(=O)NCc2c(F)cc(-c3cccc(S(=O)(=O)O)c3)cc2F)nn1-c1ccccc1. The molecule has 0 aliphatic carbocycles. The van der Waals surface area contributed by atoms with Gasteiger partial charge in [0, 0.05) is 23.9 Å². The largest absolute Gasteiger partial charge is 0.346 e. The maximum atomic E-state index is 14.8. The van der Waals surface area contributed by atoms with E-state index >= 15 is 0 Å². The molecule has 1 heterocycles. The number of aromatic nitrogens is 2. The molecule has 184 valence electrons. The summed E-state index contributed by atoms with van der Waals surface area (Å²) in [5.74, 6) is -2.91. The minimum absolute atomic E-state index is 0.0246. The second-order valence-electron chi connectivity index (χ2n) is 7.85. The molecule has 3 aromatic carbocycles. The molecule has 0 aliphatic rings. The number of carbonyl (C=O) groups is 1. The number of aryl methyl sites for hydroxylation is 1. The van der Waals surface area contributed by atoms with Gasteiger partial charge in [0.25, 0.3) is 16.0 Å². The lowest BCUT2D eigenvalue weighted by molar-refractivity contribution is 0.0942. The summed E-state index contributed by atoms with van der Waals surface area (Å²) in [6, 6.07) is 17.0. The van der Waals surface area contributed by atoms with E-state index in [1.165, 1.54) is 22.9 Å². The van der Waals surface area contributed by atoms with E-state index in [9.17, 15) is 31.3 Å². The molecule has 4 rings (SSSR count). The second kappa shape index (κ2) is 9.80. The molecular weight excluding hydrogens is 492 g/mol. The minimum Gasteiger partial charge on any atom is -0.346 e. The highest BCUT2D eigenvalue weighted by molar-refractivity contribution is 7.85. The predicted octanol–water partition coefficient (Wildman–Crippen LogP) is 3.66.